The summed E-state index contributed by atoms with van der Waals surface area (Å²) in [5.41, 5.74) is 22.3. The molecule has 0 saturated heterocycles. The van der Waals surface area contributed by atoms with Crippen LogP contribution >= 0.6 is 0 Å². The summed E-state index contributed by atoms with van der Waals surface area (Å²) in [6.07, 6.45) is 0. The molecule has 0 bridgehead atoms. The van der Waals surface area contributed by atoms with Crippen molar-refractivity contribution < 1.29 is 4.42 Å². The Balaban J connectivity index is 0.993. The molecule has 13 aromatic rings. The topological polar surface area (TPSA) is 51.8 Å². The Bertz CT molecular complexity index is 4090. The molecule has 0 N–H and O–H groups in total. The van der Waals surface area contributed by atoms with Crippen molar-refractivity contribution in [2.24, 2.45) is 0 Å². The van der Waals surface area contributed by atoms with E-state index in [1.54, 1.807) is 0 Å². The maximum absolute atomic E-state index is 6.85. The minimum Gasteiger partial charge on any atom is -0.455 e. The van der Waals surface area contributed by atoms with Crippen LogP contribution < -0.4 is 0 Å². The van der Waals surface area contributed by atoms with Gasteiger partial charge in [0, 0.05) is 33.0 Å². The first kappa shape index (κ1) is 42.0. The van der Waals surface area contributed by atoms with E-state index in [1.165, 1.54) is 38.9 Å². The molecule has 2 heterocycles. The molecule has 1 atom stereocenters. The van der Waals surface area contributed by atoms with Crippen molar-refractivity contribution in [1.82, 2.24) is 15.0 Å². The second-order valence-electron chi connectivity index (χ2n) is 19.4. The molecule has 74 heavy (non-hydrogen) atoms. The van der Waals surface area contributed by atoms with E-state index < -0.39 is 5.41 Å². The number of nitrogens with zero attached hydrogens (tertiary/aromatic N) is 3. The van der Waals surface area contributed by atoms with Crippen LogP contribution in [-0.2, 0) is 5.41 Å². The molecule has 0 saturated carbocycles. The van der Waals surface area contributed by atoms with Crippen LogP contribution in [0.2, 0.25) is 0 Å². The van der Waals surface area contributed by atoms with Gasteiger partial charge in [-0.15, -0.1) is 0 Å². The third kappa shape index (κ3) is 6.52. The maximum atomic E-state index is 6.85. The fraction of sp³-hybridized carbons (Fsp3) is 0.0143. The molecule has 4 heteroatoms. The number of hydrogen-bond donors (Lipinski definition) is 0. The molecule has 1 unspecified atom stereocenters. The predicted octanol–water partition coefficient (Wildman–Crippen LogP) is 17.8. The Morgan fingerprint density at radius 3 is 1.22 bits per heavy atom. The molecule has 4 nitrogen and oxygen atoms in total. The van der Waals surface area contributed by atoms with Crippen molar-refractivity contribution in [2.45, 2.75) is 5.41 Å². The van der Waals surface area contributed by atoms with Gasteiger partial charge >= 0.3 is 0 Å². The SMILES string of the molecule is c1ccc(-c2cc(-c3ccccc3)cc(-c3nc(-c4cc(-c5ccccc5)cc(-c5ccccc5)c4)nc(-c4ccc5c(c4)C4(c6ccccc6-5)c5ccccc5-c5c4ccc4c5oc5ccccc54)n3)c2)cc1. The number of fused-ring (bicyclic) bond motifs is 14. The Hall–Kier alpha value is -9.77. The summed E-state index contributed by atoms with van der Waals surface area (Å²) in [4.78, 5) is 16.6. The van der Waals surface area contributed by atoms with Gasteiger partial charge in [0.15, 0.2) is 17.5 Å². The molecule has 11 aromatic carbocycles. The highest BCUT2D eigenvalue weighted by Crippen LogP contribution is 2.64. The van der Waals surface area contributed by atoms with Gasteiger partial charge in [0.2, 0.25) is 0 Å². The Kier molecular flexibility index (Phi) is 9.45. The molecular formula is C70H43N3O. The van der Waals surface area contributed by atoms with E-state index in [1.807, 2.05) is 6.07 Å². The van der Waals surface area contributed by atoms with Gasteiger partial charge < -0.3 is 4.42 Å². The number of furan rings is 1. The lowest BCUT2D eigenvalue weighted by molar-refractivity contribution is 0.669. The molecule has 344 valence electrons. The largest absolute Gasteiger partial charge is 0.455 e. The van der Waals surface area contributed by atoms with Crippen LogP contribution in [0, 0.1) is 0 Å². The van der Waals surface area contributed by atoms with Crippen molar-refractivity contribution in [1.29, 1.82) is 0 Å². The van der Waals surface area contributed by atoms with Gasteiger partial charge in [-0.3, -0.25) is 0 Å². The Morgan fingerprint density at radius 2 is 0.676 bits per heavy atom. The van der Waals surface area contributed by atoms with Crippen molar-refractivity contribution in [2.75, 3.05) is 0 Å². The number of rotatable bonds is 7. The van der Waals surface area contributed by atoms with Crippen LogP contribution in [-0.4, -0.2) is 15.0 Å². The summed E-state index contributed by atoms with van der Waals surface area (Å²) < 4.78 is 6.85. The molecule has 0 fully saturated rings. The molecule has 15 rings (SSSR count). The van der Waals surface area contributed by atoms with Crippen LogP contribution in [0.15, 0.2) is 265 Å². The van der Waals surface area contributed by atoms with Crippen molar-refractivity contribution in [3.8, 4) is 101 Å². The first-order valence-corrected chi connectivity index (χ1v) is 25.2. The zero-order valence-electron chi connectivity index (χ0n) is 40.1. The quantitative estimate of drug-likeness (QED) is 0.160. The Labute approximate surface area is 428 Å². The van der Waals surface area contributed by atoms with Gasteiger partial charge in [-0.2, -0.15) is 0 Å². The fourth-order valence-electron chi connectivity index (χ4n) is 12.0. The molecule has 0 aliphatic heterocycles. The Morgan fingerprint density at radius 1 is 0.257 bits per heavy atom. The summed E-state index contributed by atoms with van der Waals surface area (Å²) >= 11 is 0. The number of para-hydroxylation sites is 1. The van der Waals surface area contributed by atoms with Crippen molar-refractivity contribution in [3.63, 3.8) is 0 Å². The van der Waals surface area contributed by atoms with Crippen molar-refractivity contribution >= 4 is 21.9 Å². The minimum absolute atomic E-state index is 0.591. The van der Waals surface area contributed by atoms with Gasteiger partial charge in [0.05, 0.1) is 5.41 Å². The second-order valence-corrected chi connectivity index (χ2v) is 19.4. The molecule has 2 aromatic heterocycles. The van der Waals surface area contributed by atoms with E-state index in [2.05, 4.69) is 255 Å². The van der Waals surface area contributed by atoms with Crippen molar-refractivity contribution in [3.05, 3.63) is 283 Å². The number of benzene rings is 11. The van der Waals surface area contributed by atoms with E-state index in [9.17, 15) is 0 Å². The lowest BCUT2D eigenvalue weighted by Crippen LogP contribution is -2.25. The van der Waals surface area contributed by atoms with E-state index >= 15 is 0 Å². The molecular weight excluding hydrogens is 899 g/mol. The zero-order valence-corrected chi connectivity index (χ0v) is 40.1. The molecule has 2 aliphatic rings. The van der Waals surface area contributed by atoms with Gasteiger partial charge in [0.1, 0.15) is 11.2 Å². The van der Waals surface area contributed by atoms with E-state index in [0.29, 0.717) is 17.5 Å². The van der Waals surface area contributed by atoms with Crippen LogP contribution in [0.1, 0.15) is 22.3 Å². The van der Waals surface area contributed by atoms with Gasteiger partial charge in [-0.05, 0) is 132 Å². The van der Waals surface area contributed by atoms with Crippen LogP contribution in [0.3, 0.4) is 0 Å². The van der Waals surface area contributed by atoms with Gasteiger partial charge in [-0.25, -0.2) is 15.0 Å². The average molecular weight is 942 g/mol. The van der Waals surface area contributed by atoms with Crippen LogP contribution in [0.25, 0.3) is 123 Å². The summed E-state index contributed by atoms with van der Waals surface area (Å²) in [6, 6.07) is 93.4. The molecule has 0 amide bonds. The minimum atomic E-state index is -0.636. The lowest BCUT2D eigenvalue weighted by atomic mass is 9.70. The highest BCUT2D eigenvalue weighted by molar-refractivity contribution is 6.13. The third-order valence-electron chi connectivity index (χ3n) is 15.3. The molecule has 1 spiro atoms. The lowest BCUT2D eigenvalue weighted by Gasteiger charge is -2.30. The normalized spacial score (nSPS) is 14.0. The summed E-state index contributed by atoms with van der Waals surface area (Å²) in [6.45, 7) is 0. The first-order valence-electron chi connectivity index (χ1n) is 25.2. The average Bonchev–Trinajstić information content (AvgIpc) is 4.21. The van der Waals surface area contributed by atoms with E-state index in [-0.39, 0.29) is 0 Å². The highest BCUT2D eigenvalue weighted by atomic mass is 16.3. The zero-order chi connectivity index (χ0) is 48.7. The molecule has 0 radical (unpaired) electrons. The molecule has 2 aliphatic carbocycles. The highest BCUT2D eigenvalue weighted by Gasteiger charge is 2.52. The number of aromatic nitrogens is 3. The summed E-state index contributed by atoms with van der Waals surface area (Å²) in [5.74, 6) is 1.78. The van der Waals surface area contributed by atoms with E-state index in [4.69, 9.17) is 19.4 Å². The van der Waals surface area contributed by atoms with Gasteiger partial charge in [0.25, 0.3) is 0 Å². The third-order valence-corrected chi connectivity index (χ3v) is 15.3. The smallest absolute Gasteiger partial charge is 0.164 e. The monoisotopic (exact) mass is 941 g/mol. The fourth-order valence-corrected chi connectivity index (χ4v) is 12.0. The number of hydrogen-bond acceptors (Lipinski definition) is 4. The summed E-state index contributed by atoms with van der Waals surface area (Å²) in [7, 11) is 0. The summed E-state index contributed by atoms with van der Waals surface area (Å²) in [5, 5.41) is 2.24. The first-order chi connectivity index (χ1) is 36.7. The van der Waals surface area contributed by atoms with Gasteiger partial charge in [-0.1, -0.05) is 212 Å². The predicted molar refractivity (Wildman–Crippen MR) is 301 cm³/mol. The second kappa shape index (κ2) is 16.7. The van der Waals surface area contributed by atoms with Crippen LogP contribution in [0.4, 0.5) is 0 Å². The van der Waals surface area contributed by atoms with Crippen LogP contribution in [0.5, 0.6) is 0 Å². The maximum Gasteiger partial charge on any atom is 0.164 e. The standard InChI is InChI=1S/C70H43N3O/c1-5-19-44(20-6-1)49-37-50(45-21-7-2-8-22-45)40-53(39-49)68-71-67(72-69(73-68)54-41-51(46-23-9-3-10-24-46)38-52(42-54)47-25-11-4-12-26-47)48-33-34-56-55-27-13-16-30-60(55)70(63(56)43-48)61-31-17-14-29-59(61)65-62(70)36-35-58-57-28-15-18-32-64(57)74-66(58)65/h1-43H. The van der Waals surface area contributed by atoms with E-state index in [0.717, 1.165) is 88.7 Å².